The molecule has 0 radical (unpaired) electrons. The van der Waals surface area contributed by atoms with Gasteiger partial charge in [-0.15, -0.1) is 0 Å². The van der Waals surface area contributed by atoms with E-state index in [0.29, 0.717) is 12.0 Å². The van der Waals surface area contributed by atoms with Crippen molar-refractivity contribution in [2.75, 3.05) is 13.2 Å². The van der Waals surface area contributed by atoms with Crippen LogP contribution in [-0.2, 0) is 6.42 Å². The zero-order valence-corrected chi connectivity index (χ0v) is 17.0. The monoisotopic (exact) mass is 373 g/mol. The highest BCUT2D eigenvalue weighted by molar-refractivity contribution is 6.30. The van der Waals surface area contributed by atoms with E-state index in [-0.39, 0.29) is 12.5 Å². The molecule has 2 aromatic rings. The molecule has 0 spiro atoms. The van der Waals surface area contributed by atoms with Crippen molar-refractivity contribution in [1.29, 1.82) is 0 Å². The fourth-order valence-corrected chi connectivity index (χ4v) is 3.37. The summed E-state index contributed by atoms with van der Waals surface area (Å²) in [4.78, 5) is 0. The van der Waals surface area contributed by atoms with Crippen molar-refractivity contribution in [3.63, 3.8) is 0 Å². The molecule has 3 heteroatoms. The second-order valence-electron chi connectivity index (χ2n) is 7.66. The number of aliphatic hydroxyl groups excluding tert-OH is 1. The number of hydrogen-bond donors (Lipinski definition) is 2. The third-order valence-corrected chi connectivity index (χ3v) is 5.24. The Bertz CT molecular complexity index is 654. The number of rotatable bonds is 10. The largest absolute Gasteiger partial charge is 0.396 e. The van der Waals surface area contributed by atoms with Crippen LogP contribution >= 0.6 is 11.6 Å². The minimum atomic E-state index is 0.193. The van der Waals surface area contributed by atoms with Gasteiger partial charge in [-0.2, -0.15) is 0 Å². The van der Waals surface area contributed by atoms with Gasteiger partial charge in [-0.3, -0.25) is 0 Å². The molecule has 0 amide bonds. The molecule has 2 unspecified atom stereocenters. The quantitative estimate of drug-likeness (QED) is 0.570. The lowest BCUT2D eigenvalue weighted by atomic mass is 9.94. The van der Waals surface area contributed by atoms with Crippen LogP contribution in [0, 0.1) is 18.8 Å². The summed E-state index contributed by atoms with van der Waals surface area (Å²) in [7, 11) is 0. The van der Waals surface area contributed by atoms with Crippen LogP contribution < -0.4 is 5.32 Å². The highest BCUT2D eigenvalue weighted by Gasteiger charge is 2.16. The van der Waals surface area contributed by atoms with Crippen molar-refractivity contribution in [2.24, 2.45) is 11.8 Å². The summed E-state index contributed by atoms with van der Waals surface area (Å²) in [6.07, 6.45) is 3.15. The third kappa shape index (κ3) is 6.75. The number of nitrogens with one attached hydrogen (secondary N) is 1. The first-order valence-corrected chi connectivity index (χ1v) is 10.0. The minimum absolute atomic E-state index is 0.193. The van der Waals surface area contributed by atoms with Gasteiger partial charge in [-0.05, 0) is 66.8 Å². The van der Waals surface area contributed by atoms with Gasteiger partial charge in [0.05, 0.1) is 0 Å². The summed E-state index contributed by atoms with van der Waals surface area (Å²) in [5.41, 5.74) is 3.88. The van der Waals surface area contributed by atoms with Crippen LogP contribution in [0.2, 0.25) is 5.02 Å². The van der Waals surface area contributed by atoms with E-state index in [9.17, 15) is 5.11 Å². The summed E-state index contributed by atoms with van der Waals surface area (Å²) in [6, 6.07) is 16.8. The zero-order valence-electron chi connectivity index (χ0n) is 16.2. The Morgan fingerprint density at radius 2 is 1.69 bits per heavy atom. The summed E-state index contributed by atoms with van der Waals surface area (Å²) in [5.74, 6) is 0.886. The van der Waals surface area contributed by atoms with Crippen molar-refractivity contribution in [2.45, 2.75) is 46.1 Å². The molecule has 2 atom stereocenters. The molecular weight excluding hydrogens is 342 g/mol. The highest BCUT2D eigenvalue weighted by Crippen LogP contribution is 2.23. The molecule has 0 heterocycles. The van der Waals surface area contributed by atoms with Gasteiger partial charge in [0.15, 0.2) is 0 Å². The lowest BCUT2D eigenvalue weighted by Gasteiger charge is -2.24. The number of benzene rings is 2. The molecule has 2 N–H and O–H groups in total. The van der Waals surface area contributed by atoms with Crippen LogP contribution in [0.25, 0.3) is 0 Å². The van der Waals surface area contributed by atoms with Crippen molar-refractivity contribution < 1.29 is 5.11 Å². The number of aryl methyl sites for hydroxylation is 1. The van der Waals surface area contributed by atoms with E-state index in [2.05, 4.69) is 62.5 Å². The second-order valence-corrected chi connectivity index (χ2v) is 8.10. The lowest BCUT2D eigenvalue weighted by molar-refractivity contribution is 0.216. The molecule has 0 aliphatic rings. The maximum atomic E-state index is 9.86. The summed E-state index contributed by atoms with van der Waals surface area (Å²) in [6.45, 7) is 7.65. The van der Waals surface area contributed by atoms with E-state index in [0.717, 1.165) is 24.4 Å². The Labute approximate surface area is 163 Å². The van der Waals surface area contributed by atoms with Crippen LogP contribution in [0.4, 0.5) is 0 Å². The van der Waals surface area contributed by atoms with E-state index in [4.69, 9.17) is 11.6 Å². The fourth-order valence-electron chi connectivity index (χ4n) is 3.24. The van der Waals surface area contributed by atoms with Gasteiger partial charge < -0.3 is 10.4 Å². The second kappa shape index (κ2) is 10.7. The van der Waals surface area contributed by atoms with Crippen LogP contribution in [0.3, 0.4) is 0 Å². The number of aliphatic hydroxyl groups is 1. The van der Waals surface area contributed by atoms with Crippen molar-refractivity contribution in [1.82, 2.24) is 5.32 Å². The number of hydrogen-bond acceptors (Lipinski definition) is 2. The average Bonchev–Trinajstić information content (AvgIpc) is 2.63. The molecule has 0 saturated carbocycles. The van der Waals surface area contributed by atoms with E-state index >= 15 is 0 Å². The molecule has 2 rings (SSSR count). The van der Waals surface area contributed by atoms with E-state index in [1.807, 2.05) is 12.1 Å². The first-order valence-electron chi connectivity index (χ1n) is 9.63. The van der Waals surface area contributed by atoms with Gasteiger partial charge in [-0.25, -0.2) is 0 Å². The standard InChI is InChI=1S/C23H32ClNO/c1-17(2)8-13-23(20-9-11-22(24)12-10-20)25-15-19(16-26)14-21-7-5-4-6-18(21)3/h4-7,9-12,17,19,23,25-26H,8,13-16H2,1-3H3. The molecule has 142 valence electrons. The number of halogens is 1. The van der Waals surface area contributed by atoms with Gasteiger partial charge in [0.25, 0.3) is 0 Å². The SMILES string of the molecule is Cc1ccccc1CC(CO)CNC(CCC(C)C)c1ccc(Cl)cc1. The van der Waals surface area contributed by atoms with E-state index in [1.54, 1.807) is 0 Å². The first kappa shape index (κ1) is 21.0. The molecule has 26 heavy (non-hydrogen) atoms. The fraction of sp³-hybridized carbons (Fsp3) is 0.478. The van der Waals surface area contributed by atoms with Crippen molar-refractivity contribution >= 4 is 11.6 Å². The molecule has 0 aromatic heterocycles. The summed E-state index contributed by atoms with van der Waals surface area (Å²) < 4.78 is 0. The predicted molar refractivity (Wildman–Crippen MR) is 112 cm³/mol. The molecule has 0 bridgehead atoms. The van der Waals surface area contributed by atoms with Gasteiger partial charge in [0.2, 0.25) is 0 Å². The van der Waals surface area contributed by atoms with Gasteiger partial charge in [0.1, 0.15) is 0 Å². The van der Waals surface area contributed by atoms with Crippen molar-refractivity contribution in [3.05, 3.63) is 70.2 Å². The maximum absolute atomic E-state index is 9.86. The molecule has 2 aromatic carbocycles. The average molecular weight is 374 g/mol. The first-order chi connectivity index (χ1) is 12.5. The van der Waals surface area contributed by atoms with Crippen LogP contribution in [0.15, 0.2) is 48.5 Å². The molecule has 0 saturated heterocycles. The van der Waals surface area contributed by atoms with Gasteiger partial charge in [-0.1, -0.05) is 61.8 Å². The van der Waals surface area contributed by atoms with E-state index in [1.165, 1.54) is 23.1 Å². The molecule has 0 fully saturated rings. The maximum Gasteiger partial charge on any atom is 0.0474 e. The van der Waals surface area contributed by atoms with Crippen LogP contribution in [0.1, 0.15) is 49.4 Å². The van der Waals surface area contributed by atoms with Gasteiger partial charge in [0, 0.05) is 24.2 Å². The lowest BCUT2D eigenvalue weighted by Crippen LogP contribution is -2.30. The van der Waals surface area contributed by atoms with Crippen LogP contribution in [-0.4, -0.2) is 18.3 Å². The zero-order chi connectivity index (χ0) is 18.9. The topological polar surface area (TPSA) is 32.3 Å². The van der Waals surface area contributed by atoms with Crippen molar-refractivity contribution in [3.8, 4) is 0 Å². The normalized spacial score (nSPS) is 13.8. The Kier molecular flexibility index (Phi) is 8.64. The highest BCUT2D eigenvalue weighted by atomic mass is 35.5. The molecule has 0 aliphatic heterocycles. The Balaban J connectivity index is 2.01. The Morgan fingerprint density at radius 3 is 2.31 bits per heavy atom. The van der Waals surface area contributed by atoms with Gasteiger partial charge >= 0.3 is 0 Å². The smallest absolute Gasteiger partial charge is 0.0474 e. The summed E-state index contributed by atoms with van der Waals surface area (Å²) in [5, 5.41) is 14.3. The molecular formula is C23H32ClNO. The minimum Gasteiger partial charge on any atom is -0.396 e. The Hall–Kier alpha value is -1.35. The predicted octanol–water partition coefficient (Wildman–Crippen LogP) is 5.57. The Morgan fingerprint density at radius 1 is 1.00 bits per heavy atom. The van der Waals surface area contributed by atoms with E-state index < -0.39 is 0 Å². The molecule has 2 nitrogen and oxygen atoms in total. The molecule has 0 aliphatic carbocycles. The van der Waals surface area contributed by atoms with Crippen LogP contribution in [0.5, 0.6) is 0 Å². The third-order valence-electron chi connectivity index (χ3n) is 4.99. The summed E-state index contributed by atoms with van der Waals surface area (Å²) >= 11 is 6.05.